The summed E-state index contributed by atoms with van der Waals surface area (Å²) in [6.45, 7) is 4.27. The molecule has 1 aromatic carbocycles. The van der Waals surface area contributed by atoms with E-state index in [1.807, 2.05) is 24.3 Å². The molecule has 0 radical (unpaired) electrons. The minimum Gasteiger partial charge on any atom is -0.342 e. The Hall–Kier alpha value is -1.92. The van der Waals surface area contributed by atoms with Crippen LogP contribution in [0.5, 0.6) is 0 Å². The summed E-state index contributed by atoms with van der Waals surface area (Å²) in [5.74, 6) is 1.69. The Morgan fingerprint density at radius 3 is 2.57 bits per heavy atom. The van der Waals surface area contributed by atoms with Crippen molar-refractivity contribution in [3.63, 3.8) is 0 Å². The standard InChI is InChI=1S/C21H27ClN4O2/c22-18-7-5-6-17(14-18)20-23-19(28-24-20)15-25-12-8-16(9-13-25)21(27)26-10-3-1-2-4-11-26/h5-7,14,16H,1-4,8-13,15H2. The summed E-state index contributed by atoms with van der Waals surface area (Å²) in [6.07, 6.45) is 6.62. The predicted octanol–water partition coefficient (Wildman–Crippen LogP) is 4.00. The molecule has 2 fully saturated rings. The van der Waals surface area contributed by atoms with E-state index in [1.165, 1.54) is 12.8 Å². The van der Waals surface area contributed by atoms with Crippen molar-refractivity contribution in [1.82, 2.24) is 19.9 Å². The lowest BCUT2D eigenvalue weighted by atomic mass is 9.95. The van der Waals surface area contributed by atoms with E-state index in [2.05, 4.69) is 19.9 Å². The van der Waals surface area contributed by atoms with E-state index in [0.29, 0.717) is 29.2 Å². The lowest BCUT2D eigenvalue weighted by Gasteiger charge is -2.33. The first-order valence-corrected chi connectivity index (χ1v) is 10.7. The van der Waals surface area contributed by atoms with Crippen LogP contribution in [0.4, 0.5) is 0 Å². The number of carbonyl (C=O) groups excluding carboxylic acids is 1. The second-order valence-corrected chi connectivity index (χ2v) is 8.25. The summed E-state index contributed by atoms with van der Waals surface area (Å²) in [5, 5.41) is 4.73. The third-order valence-electron chi connectivity index (χ3n) is 5.76. The molecule has 2 saturated heterocycles. The Morgan fingerprint density at radius 1 is 1.11 bits per heavy atom. The van der Waals surface area contributed by atoms with Gasteiger partial charge in [0, 0.05) is 29.6 Å². The normalized spacial score (nSPS) is 19.5. The molecule has 6 nitrogen and oxygen atoms in total. The Labute approximate surface area is 170 Å². The summed E-state index contributed by atoms with van der Waals surface area (Å²) in [6, 6.07) is 7.44. The van der Waals surface area contributed by atoms with Crippen LogP contribution in [-0.4, -0.2) is 52.0 Å². The quantitative estimate of drug-likeness (QED) is 0.773. The van der Waals surface area contributed by atoms with E-state index >= 15 is 0 Å². The predicted molar refractivity (Wildman–Crippen MR) is 108 cm³/mol. The highest BCUT2D eigenvalue weighted by molar-refractivity contribution is 6.30. The van der Waals surface area contributed by atoms with Crippen LogP contribution in [0.25, 0.3) is 11.4 Å². The van der Waals surface area contributed by atoms with Gasteiger partial charge in [-0.1, -0.05) is 41.7 Å². The lowest BCUT2D eigenvalue weighted by Crippen LogP contribution is -2.42. The average Bonchev–Trinajstić information content (AvgIpc) is 3.00. The van der Waals surface area contributed by atoms with E-state index in [4.69, 9.17) is 16.1 Å². The summed E-state index contributed by atoms with van der Waals surface area (Å²) in [4.78, 5) is 21.7. The molecule has 0 unspecified atom stereocenters. The number of hydrogen-bond donors (Lipinski definition) is 0. The molecule has 1 amide bonds. The van der Waals surface area contributed by atoms with Gasteiger partial charge in [0.25, 0.3) is 0 Å². The van der Waals surface area contributed by atoms with Gasteiger partial charge in [-0.3, -0.25) is 9.69 Å². The second-order valence-electron chi connectivity index (χ2n) is 7.81. The van der Waals surface area contributed by atoms with Gasteiger partial charge in [-0.15, -0.1) is 0 Å². The molecule has 150 valence electrons. The molecule has 0 atom stereocenters. The molecule has 0 spiro atoms. The number of piperidine rings is 1. The summed E-state index contributed by atoms with van der Waals surface area (Å²) in [5.41, 5.74) is 0.851. The second kappa shape index (κ2) is 9.05. The minimum absolute atomic E-state index is 0.166. The molecule has 0 aliphatic carbocycles. The molecule has 2 aliphatic rings. The third-order valence-corrected chi connectivity index (χ3v) is 6.00. The van der Waals surface area contributed by atoms with Crippen LogP contribution >= 0.6 is 11.6 Å². The maximum Gasteiger partial charge on any atom is 0.241 e. The molecule has 0 saturated carbocycles. The number of likely N-dealkylation sites (tertiary alicyclic amines) is 2. The van der Waals surface area contributed by atoms with Gasteiger partial charge in [0.2, 0.25) is 17.6 Å². The van der Waals surface area contributed by atoms with Gasteiger partial charge in [0.1, 0.15) is 0 Å². The number of hydrogen-bond acceptors (Lipinski definition) is 5. The molecule has 0 N–H and O–H groups in total. The van der Waals surface area contributed by atoms with Crippen LogP contribution in [0.15, 0.2) is 28.8 Å². The van der Waals surface area contributed by atoms with Crippen LogP contribution in [0.2, 0.25) is 5.02 Å². The van der Waals surface area contributed by atoms with Crippen molar-refractivity contribution in [2.24, 2.45) is 5.92 Å². The van der Waals surface area contributed by atoms with Crippen molar-refractivity contribution < 1.29 is 9.32 Å². The molecule has 4 rings (SSSR count). The molecular formula is C21H27ClN4O2. The number of halogens is 1. The molecule has 28 heavy (non-hydrogen) atoms. The number of nitrogens with zero attached hydrogens (tertiary/aromatic N) is 4. The Balaban J connectivity index is 1.29. The van der Waals surface area contributed by atoms with Gasteiger partial charge in [-0.25, -0.2) is 0 Å². The topological polar surface area (TPSA) is 62.5 Å². The van der Waals surface area contributed by atoms with Crippen molar-refractivity contribution >= 4 is 17.5 Å². The van der Waals surface area contributed by atoms with Crippen molar-refractivity contribution in [3.8, 4) is 11.4 Å². The Morgan fingerprint density at radius 2 is 1.86 bits per heavy atom. The fourth-order valence-electron chi connectivity index (χ4n) is 4.14. The first-order valence-electron chi connectivity index (χ1n) is 10.3. The highest BCUT2D eigenvalue weighted by atomic mass is 35.5. The van der Waals surface area contributed by atoms with Crippen molar-refractivity contribution in [3.05, 3.63) is 35.2 Å². The number of carbonyl (C=O) groups is 1. The maximum atomic E-state index is 12.8. The molecular weight excluding hydrogens is 376 g/mol. The zero-order valence-electron chi connectivity index (χ0n) is 16.1. The molecule has 2 aliphatic heterocycles. The average molecular weight is 403 g/mol. The zero-order chi connectivity index (χ0) is 19.3. The van der Waals surface area contributed by atoms with Gasteiger partial charge in [0.05, 0.1) is 6.54 Å². The monoisotopic (exact) mass is 402 g/mol. The van der Waals surface area contributed by atoms with Crippen molar-refractivity contribution in [2.75, 3.05) is 26.2 Å². The van der Waals surface area contributed by atoms with Crippen molar-refractivity contribution in [2.45, 2.75) is 45.1 Å². The highest BCUT2D eigenvalue weighted by Crippen LogP contribution is 2.24. The number of rotatable bonds is 4. The van der Waals surface area contributed by atoms with Crippen LogP contribution in [0, 0.1) is 5.92 Å². The number of aromatic nitrogens is 2. The molecule has 7 heteroatoms. The van der Waals surface area contributed by atoms with E-state index in [9.17, 15) is 4.79 Å². The van der Waals surface area contributed by atoms with E-state index in [0.717, 1.165) is 57.4 Å². The van der Waals surface area contributed by atoms with E-state index < -0.39 is 0 Å². The van der Waals surface area contributed by atoms with Crippen LogP contribution in [0.3, 0.4) is 0 Å². The van der Waals surface area contributed by atoms with Gasteiger partial charge >= 0.3 is 0 Å². The van der Waals surface area contributed by atoms with Crippen LogP contribution in [-0.2, 0) is 11.3 Å². The Bertz CT molecular complexity index is 793. The fraction of sp³-hybridized carbons (Fsp3) is 0.571. The largest absolute Gasteiger partial charge is 0.342 e. The Kier molecular flexibility index (Phi) is 6.27. The smallest absolute Gasteiger partial charge is 0.241 e. The van der Waals surface area contributed by atoms with E-state index in [-0.39, 0.29) is 5.92 Å². The number of benzene rings is 1. The lowest BCUT2D eigenvalue weighted by molar-refractivity contribution is -0.137. The minimum atomic E-state index is 0.166. The summed E-state index contributed by atoms with van der Waals surface area (Å²) >= 11 is 6.04. The number of amides is 1. The summed E-state index contributed by atoms with van der Waals surface area (Å²) < 4.78 is 5.42. The zero-order valence-corrected chi connectivity index (χ0v) is 16.9. The van der Waals surface area contributed by atoms with Gasteiger partial charge in [-0.05, 0) is 50.9 Å². The van der Waals surface area contributed by atoms with Crippen LogP contribution in [0.1, 0.15) is 44.4 Å². The molecule has 1 aromatic heterocycles. The van der Waals surface area contributed by atoms with Crippen molar-refractivity contribution in [1.29, 1.82) is 0 Å². The van der Waals surface area contributed by atoms with E-state index in [1.54, 1.807) is 0 Å². The third kappa shape index (κ3) is 4.73. The fourth-order valence-corrected chi connectivity index (χ4v) is 4.33. The SMILES string of the molecule is O=C(C1CCN(Cc2nc(-c3cccc(Cl)c3)no2)CC1)N1CCCCCC1. The molecule has 2 aromatic rings. The first kappa shape index (κ1) is 19.4. The highest BCUT2D eigenvalue weighted by Gasteiger charge is 2.29. The maximum absolute atomic E-state index is 12.8. The molecule has 3 heterocycles. The van der Waals surface area contributed by atoms with Gasteiger partial charge < -0.3 is 9.42 Å². The summed E-state index contributed by atoms with van der Waals surface area (Å²) in [7, 11) is 0. The first-order chi connectivity index (χ1) is 13.7. The molecule has 0 bridgehead atoms. The van der Waals surface area contributed by atoms with Gasteiger partial charge in [-0.2, -0.15) is 4.98 Å². The van der Waals surface area contributed by atoms with Gasteiger partial charge in [0.15, 0.2) is 0 Å². The van der Waals surface area contributed by atoms with Crippen LogP contribution < -0.4 is 0 Å².